The molecule has 14 heavy (non-hydrogen) atoms. The lowest BCUT2D eigenvalue weighted by Gasteiger charge is -2.29. The summed E-state index contributed by atoms with van der Waals surface area (Å²) in [5.74, 6) is 0.245. The van der Waals surface area contributed by atoms with Crippen LogP contribution in [0.5, 0.6) is 0 Å². The highest BCUT2D eigenvalue weighted by Gasteiger charge is 2.26. The SMILES string of the molecule is CCCN(CCNC)C(=O)C(C)(C)C. The van der Waals surface area contributed by atoms with Crippen molar-refractivity contribution in [2.75, 3.05) is 26.7 Å². The maximum atomic E-state index is 12.0. The second-order valence-corrected chi connectivity index (χ2v) is 4.65. The van der Waals surface area contributed by atoms with Crippen molar-refractivity contribution in [1.29, 1.82) is 0 Å². The predicted octanol–water partition coefficient (Wildman–Crippen LogP) is 1.49. The fourth-order valence-electron chi connectivity index (χ4n) is 1.31. The van der Waals surface area contributed by atoms with E-state index in [0.29, 0.717) is 0 Å². The molecule has 0 bridgehead atoms. The summed E-state index contributed by atoms with van der Waals surface area (Å²) in [5.41, 5.74) is -0.261. The van der Waals surface area contributed by atoms with Crippen LogP contribution in [0.15, 0.2) is 0 Å². The first kappa shape index (κ1) is 13.4. The number of hydrogen-bond acceptors (Lipinski definition) is 2. The van der Waals surface area contributed by atoms with Crippen LogP contribution in [0.4, 0.5) is 0 Å². The summed E-state index contributed by atoms with van der Waals surface area (Å²) in [6.07, 6.45) is 1.02. The minimum atomic E-state index is -0.261. The van der Waals surface area contributed by atoms with Gasteiger partial charge in [-0.2, -0.15) is 0 Å². The van der Waals surface area contributed by atoms with Gasteiger partial charge in [0.2, 0.25) is 5.91 Å². The number of carbonyl (C=O) groups excluding carboxylic acids is 1. The van der Waals surface area contributed by atoms with Crippen molar-refractivity contribution in [3.05, 3.63) is 0 Å². The van der Waals surface area contributed by atoms with Crippen molar-refractivity contribution in [2.45, 2.75) is 34.1 Å². The Morgan fingerprint density at radius 3 is 2.21 bits per heavy atom. The van der Waals surface area contributed by atoms with Crippen LogP contribution in [-0.2, 0) is 4.79 Å². The molecule has 0 spiro atoms. The van der Waals surface area contributed by atoms with Crippen LogP contribution in [0.3, 0.4) is 0 Å². The lowest BCUT2D eigenvalue weighted by molar-refractivity contribution is -0.139. The maximum Gasteiger partial charge on any atom is 0.227 e. The van der Waals surface area contributed by atoms with Crippen LogP contribution >= 0.6 is 0 Å². The molecular weight excluding hydrogens is 176 g/mol. The van der Waals surface area contributed by atoms with E-state index in [9.17, 15) is 4.79 Å². The lowest BCUT2D eigenvalue weighted by Crippen LogP contribution is -2.42. The molecule has 0 saturated heterocycles. The summed E-state index contributed by atoms with van der Waals surface area (Å²) in [7, 11) is 1.91. The van der Waals surface area contributed by atoms with E-state index in [4.69, 9.17) is 0 Å². The van der Waals surface area contributed by atoms with Crippen molar-refractivity contribution >= 4 is 5.91 Å². The van der Waals surface area contributed by atoms with Gasteiger partial charge < -0.3 is 10.2 Å². The van der Waals surface area contributed by atoms with Crippen molar-refractivity contribution in [3.63, 3.8) is 0 Å². The molecule has 0 saturated carbocycles. The Labute approximate surface area is 87.9 Å². The van der Waals surface area contributed by atoms with Gasteiger partial charge in [0.25, 0.3) is 0 Å². The number of amides is 1. The zero-order valence-corrected chi connectivity index (χ0v) is 10.2. The van der Waals surface area contributed by atoms with Gasteiger partial charge >= 0.3 is 0 Å². The molecule has 0 aliphatic rings. The molecule has 1 amide bonds. The Morgan fingerprint density at radius 1 is 1.29 bits per heavy atom. The maximum absolute atomic E-state index is 12.0. The smallest absolute Gasteiger partial charge is 0.227 e. The highest BCUT2D eigenvalue weighted by Crippen LogP contribution is 2.17. The van der Waals surface area contributed by atoms with Gasteiger partial charge in [-0.05, 0) is 13.5 Å². The molecule has 0 fully saturated rings. The van der Waals surface area contributed by atoms with Crippen LogP contribution in [0, 0.1) is 5.41 Å². The molecule has 0 aliphatic heterocycles. The van der Waals surface area contributed by atoms with Crippen LogP contribution in [0.1, 0.15) is 34.1 Å². The van der Waals surface area contributed by atoms with Crippen LogP contribution in [0.25, 0.3) is 0 Å². The molecule has 0 aromatic carbocycles. The van der Waals surface area contributed by atoms with Crippen molar-refractivity contribution in [2.24, 2.45) is 5.41 Å². The first-order chi connectivity index (χ1) is 6.43. The molecule has 0 aromatic heterocycles. The van der Waals surface area contributed by atoms with Crippen molar-refractivity contribution < 1.29 is 4.79 Å². The van der Waals surface area contributed by atoms with Gasteiger partial charge in [-0.3, -0.25) is 4.79 Å². The number of likely N-dealkylation sites (N-methyl/N-ethyl adjacent to an activating group) is 1. The average molecular weight is 200 g/mol. The van der Waals surface area contributed by atoms with Gasteiger partial charge in [0.15, 0.2) is 0 Å². The zero-order chi connectivity index (χ0) is 11.2. The number of nitrogens with one attached hydrogen (secondary N) is 1. The fourth-order valence-corrected chi connectivity index (χ4v) is 1.31. The van der Waals surface area contributed by atoms with Crippen LogP contribution < -0.4 is 5.32 Å². The Kier molecular flexibility index (Phi) is 5.77. The van der Waals surface area contributed by atoms with Crippen molar-refractivity contribution in [1.82, 2.24) is 10.2 Å². The van der Waals surface area contributed by atoms with Gasteiger partial charge in [0, 0.05) is 25.0 Å². The van der Waals surface area contributed by atoms with Crippen molar-refractivity contribution in [3.8, 4) is 0 Å². The number of nitrogens with zero attached hydrogens (tertiary/aromatic N) is 1. The van der Waals surface area contributed by atoms with E-state index < -0.39 is 0 Å². The summed E-state index contributed by atoms with van der Waals surface area (Å²) < 4.78 is 0. The molecule has 3 nitrogen and oxygen atoms in total. The quantitative estimate of drug-likeness (QED) is 0.729. The van der Waals surface area contributed by atoms with Gasteiger partial charge in [-0.1, -0.05) is 27.7 Å². The van der Waals surface area contributed by atoms with Gasteiger partial charge in [0.1, 0.15) is 0 Å². The predicted molar refractivity (Wildman–Crippen MR) is 60.3 cm³/mol. The summed E-state index contributed by atoms with van der Waals surface area (Å²) in [6.45, 7) is 10.5. The summed E-state index contributed by atoms with van der Waals surface area (Å²) >= 11 is 0. The number of hydrogen-bond donors (Lipinski definition) is 1. The minimum absolute atomic E-state index is 0.245. The Bertz CT molecular complexity index is 173. The normalized spacial score (nSPS) is 11.5. The third-order valence-corrected chi connectivity index (χ3v) is 2.05. The summed E-state index contributed by atoms with van der Waals surface area (Å²) in [6, 6.07) is 0. The Hall–Kier alpha value is -0.570. The third-order valence-electron chi connectivity index (χ3n) is 2.05. The summed E-state index contributed by atoms with van der Waals surface area (Å²) in [5, 5.41) is 3.07. The first-order valence-electron chi connectivity index (χ1n) is 5.37. The van der Waals surface area contributed by atoms with Crippen LogP contribution in [0.2, 0.25) is 0 Å². The Balaban J connectivity index is 4.25. The molecule has 0 rings (SSSR count). The van der Waals surface area contributed by atoms with Gasteiger partial charge in [-0.15, -0.1) is 0 Å². The average Bonchev–Trinajstić information content (AvgIpc) is 2.09. The first-order valence-corrected chi connectivity index (χ1v) is 5.37. The van der Waals surface area contributed by atoms with E-state index in [0.717, 1.165) is 26.1 Å². The molecule has 1 N–H and O–H groups in total. The van der Waals surface area contributed by atoms with E-state index in [1.165, 1.54) is 0 Å². The topological polar surface area (TPSA) is 32.3 Å². The van der Waals surface area contributed by atoms with E-state index >= 15 is 0 Å². The summed E-state index contributed by atoms with van der Waals surface area (Å²) in [4.78, 5) is 13.9. The van der Waals surface area contributed by atoms with Gasteiger partial charge in [0.05, 0.1) is 0 Å². The molecule has 0 aromatic rings. The number of rotatable bonds is 5. The third kappa shape index (κ3) is 4.61. The van der Waals surface area contributed by atoms with E-state index in [1.807, 2.05) is 32.7 Å². The van der Waals surface area contributed by atoms with Gasteiger partial charge in [-0.25, -0.2) is 0 Å². The standard InChI is InChI=1S/C11H24N2O/c1-6-8-13(9-7-12-5)10(14)11(2,3)4/h12H,6-9H2,1-5H3. The largest absolute Gasteiger partial charge is 0.341 e. The number of carbonyl (C=O) groups is 1. The molecule has 84 valence electrons. The van der Waals surface area contributed by atoms with E-state index in [2.05, 4.69) is 12.2 Å². The Morgan fingerprint density at radius 2 is 1.86 bits per heavy atom. The molecule has 0 heterocycles. The molecule has 0 aliphatic carbocycles. The molecule has 0 radical (unpaired) electrons. The molecule has 0 unspecified atom stereocenters. The lowest BCUT2D eigenvalue weighted by atomic mass is 9.94. The molecule has 0 atom stereocenters. The minimum Gasteiger partial charge on any atom is -0.341 e. The highest BCUT2D eigenvalue weighted by molar-refractivity contribution is 5.81. The van der Waals surface area contributed by atoms with E-state index in [-0.39, 0.29) is 11.3 Å². The second kappa shape index (κ2) is 6.02. The second-order valence-electron chi connectivity index (χ2n) is 4.65. The molecule has 3 heteroatoms. The fraction of sp³-hybridized carbons (Fsp3) is 0.909. The zero-order valence-electron chi connectivity index (χ0n) is 10.2. The molecular formula is C11H24N2O. The monoisotopic (exact) mass is 200 g/mol. The highest BCUT2D eigenvalue weighted by atomic mass is 16.2. The van der Waals surface area contributed by atoms with Crippen LogP contribution in [-0.4, -0.2) is 37.5 Å². The van der Waals surface area contributed by atoms with E-state index in [1.54, 1.807) is 0 Å².